The van der Waals surface area contributed by atoms with E-state index in [2.05, 4.69) is 15.8 Å². The second-order valence-corrected chi connectivity index (χ2v) is 7.39. The summed E-state index contributed by atoms with van der Waals surface area (Å²) >= 11 is 1.29. The van der Waals surface area contributed by atoms with Gasteiger partial charge >= 0.3 is 17.8 Å². The maximum atomic E-state index is 12.3. The third-order valence-corrected chi connectivity index (χ3v) is 5.75. The Balaban J connectivity index is 1.69. The van der Waals surface area contributed by atoms with Crippen LogP contribution < -0.4 is 20.2 Å². The van der Waals surface area contributed by atoms with Gasteiger partial charge in [0.25, 0.3) is 0 Å². The summed E-state index contributed by atoms with van der Waals surface area (Å²) in [5.74, 6) is -1.49. The van der Waals surface area contributed by atoms with Gasteiger partial charge < -0.3 is 19.5 Å². The number of hydrogen-bond donors (Lipinski definition) is 2. The van der Waals surface area contributed by atoms with E-state index in [4.69, 9.17) is 14.2 Å². The Morgan fingerprint density at radius 1 is 1.10 bits per heavy atom. The standard InChI is InChI=1S/C20H21N3O6S/c1-27-13-8-4-6-11(16(13)28-2)10-21-23-18(25)17(24)22-19-15(20(26)29-3)12-7-5-9-14(12)30-19/h4,6,8,10H,5,7,9H2,1-3H3,(H,22,24)(H,23,25)/b21-10+. The molecule has 1 aromatic carbocycles. The van der Waals surface area contributed by atoms with E-state index in [1.807, 2.05) is 0 Å². The number of rotatable bonds is 6. The lowest BCUT2D eigenvalue weighted by Crippen LogP contribution is -2.32. The summed E-state index contributed by atoms with van der Waals surface area (Å²) in [5, 5.41) is 6.61. The molecule has 0 bridgehead atoms. The lowest BCUT2D eigenvalue weighted by molar-refractivity contribution is -0.136. The van der Waals surface area contributed by atoms with Gasteiger partial charge in [0.05, 0.1) is 33.1 Å². The number of benzene rings is 1. The van der Waals surface area contributed by atoms with Crippen molar-refractivity contribution in [2.24, 2.45) is 5.10 Å². The van der Waals surface area contributed by atoms with E-state index in [-0.39, 0.29) is 0 Å². The summed E-state index contributed by atoms with van der Waals surface area (Å²) in [7, 11) is 4.27. The van der Waals surface area contributed by atoms with Crippen molar-refractivity contribution < 1.29 is 28.6 Å². The van der Waals surface area contributed by atoms with E-state index in [1.165, 1.54) is 38.9 Å². The molecular weight excluding hydrogens is 410 g/mol. The first-order valence-corrected chi connectivity index (χ1v) is 9.90. The van der Waals surface area contributed by atoms with Gasteiger partial charge in [0, 0.05) is 10.4 Å². The second kappa shape index (κ2) is 9.40. The Hall–Kier alpha value is -3.40. The quantitative estimate of drug-likeness (QED) is 0.313. The predicted octanol–water partition coefficient (Wildman–Crippen LogP) is 2.13. The largest absolute Gasteiger partial charge is 0.493 e. The number of thiophene rings is 1. The number of methoxy groups -OCH3 is 3. The van der Waals surface area contributed by atoms with Crippen LogP contribution in [0.15, 0.2) is 23.3 Å². The molecule has 158 valence electrons. The van der Waals surface area contributed by atoms with Crippen LogP contribution in [0.2, 0.25) is 0 Å². The molecule has 2 N–H and O–H groups in total. The first kappa shape index (κ1) is 21.3. The van der Waals surface area contributed by atoms with E-state index in [0.29, 0.717) is 27.6 Å². The van der Waals surface area contributed by atoms with Gasteiger partial charge in [-0.05, 0) is 37.0 Å². The van der Waals surface area contributed by atoms with Crippen molar-refractivity contribution in [3.8, 4) is 11.5 Å². The molecule has 10 heteroatoms. The van der Waals surface area contributed by atoms with Gasteiger partial charge in [-0.3, -0.25) is 9.59 Å². The van der Waals surface area contributed by atoms with Crippen molar-refractivity contribution >= 4 is 40.3 Å². The summed E-state index contributed by atoms with van der Waals surface area (Å²) in [6.07, 6.45) is 3.86. The summed E-state index contributed by atoms with van der Waals surface area (Å²) in [6.45, 7) is 0. The molecule has 1 aromatic heterocycles. The van der Waals surface area contributed by atoms with Gasteiger partial charge in [-0.25, -0.2) is 10.2 Å². The van der Waals surface area contributed by atoms with Crippen molar-refractivity contribution in [2.45, 2.75) is 19.3 Å². The number of carbonyl (C=O) groups excluding carboxylic acids is 3. The molecule has 3 rings (SSSR count). The van der Waals surface area contributed by atoms with Crippen LogP contribution >= 0.6 is 11.3 Å². The van der Waals surface area contributed by atoms with Crippen LogP contribution in [0.5, 0.6) is 11.5 Å². The summed E-state index contributed by atoms with van der Waals surface area (Å²) in [5.41, 5.74) is 3.92. The minimum Gasteiger partial charge on any atom is -0.493 e. The van der Waals surface area contributed by atoms with Crippen LogP contribution in [-0.2, 0) is 27.2 Å². The molecular formula is C20H21N3O6S. The first-order chi connectivity index (χ1) is 14.5. The molecule has 0 fully saturated rings. The highest BCUT2D eigenvalue weighted by atomic mass is 32.1. The lowest BCUT2D eigenvalue weighted by Gasteiger charge is -2.09. The Bertz CT molecular complexity index is 1010. The number of nitrogens with zero attached hydrogens (tertiary/aromatic N) is 1. The maximum absolute atomic E-state index is 12.3. The van der Waals surface area contributed by atoms with Crippen LogP contribution in [-0.4, -0.2) is 45.3 Å². The number of hydrogen-bond acceptors (Lipinski definition) is 8. The maximum Gasteiger partial charge on any atom is 0.341 e. The number of nitrogens with one attached hydrogen (secondary N) is 2. The van der Waals surface area contributed by atoms with E-state index in [0.717, 1.165) is 29.7 Å². The Kier molecular flexibility index (Phi) is 6.68. The van der Waals surface area contributed by atoms with Gasteiger partial charge in [-0.1, -0.05) is 6.07 Å². The van der Waals surface area contributed by atoms with Gasteiger partial charge in [0.2, 0.25) is 0 Å². The minimum atomic E-state index is -0.975. The molecule has 0 atom stereocenters. The smallest absolute Gasteiger partial charge is 0.341 e. The zero-order valence-corrected chi connectivity index (χ0v) is 17.6. The van der Waals surface area contributed by atoms with E-state index < -0.39 is 17.8 Å². The van der Waals surface area contributed by atoms with Gasteiger partial charge in [0.15, 0.2) is 11.5 Å². The molecule has 0 saturated heterocycles. The van der Waals surface area contributed by atoms with Gasteiger partial charge in [-0.2, -0.15) is 5.10 Å². The molecule has 0 radical (unpaired) electrons. The molecule has 2 aromatic rings. The lowest BCUT2D eigenvalue weighted by atomic mass is 10.1. The van der Waals surface area contributed by atoms with E-state index in [9.17, 15) is 14.4 Å². The third-order valence-electron chi connectivity index (χ3n) is 4.55. The number of aryl methyl sites for hydroxylation is 1. The molecule has 1 aliphatic rings. The molecule has 0 aliphatic heterocycles. The number of anilines is 1. The molecule has 9 nitrogen and oxygen atoms in total. The molecule has 0 unspecified atom stereocenters. The first-order valence-electron chi connectivity index (χ1n) is 9.08. The summed E-state index contributed by atoms with van der Waals surface area (Å²) < 4.78 is 15.3. The summed E-state index contributed by atoms with van der Waals surface area (Å²) in [6, 6.07) is 5.17. The predicted molar refractivity (Wildman–Crippen MR) is 112 cm³/mol. The van der Waals surface area contributed by atoms with Crippen LogP contribution in [0.3, 0.4) is 0 Å². The molecule has 0 spiro atoms. The number of para-hydroxylation sites is 1. The fraction of sp³-hybridized carbons (Fsp3) is 0.300. The molecule has 1 heterocycles. The molecule has 0 saturated carbocycles. The number of amides is 2. The van der Waals surface area contributed by atoms with Crippen molar-refractivity contribution in [3.63, 3.8) is 0 Å². The van der Waals surface area contributed by atoms with Gasteiger partial charge in [-0.15, -0.1) is 11.3 Å². The summed E-state index contributed by atoms with van der Waals surface area (Å²) in [4.78, 5) is 37.6. The number of esters is 1. The number of ether oxygens (including phenoxy) is 3. The Morgan fingerprint density at radius 2 is 1.90 bits per heavy atom. The van der Waals surface area contributed by atoms with E-state index >= 15 is 0 Å². The number of hydrazone groups is 1. The van der Waals surface area contributed by atoms with Crippen LogP contribution in [0.4, 0.5) is 5.00 Å². The third kappa shape index (κ3) is 4.28. The fourth-order valence-electron chi connectivity index (χ4n) is 3.20. The Morgan fingerprint density at radius 3 is 2.60 bits per heavy atom. The topological polar surface area (TPSA) is 115 Å². The average Bonchev–Trinajstić information content (AvgIpc) is 3.33. The highest BCUT2D eigenvalue weighted by molar-refractivity contribution is 7.17. The monoisotopic (exact) mass is 431 g/mol. The van der Waals surface area contributed by atoms with Crippen molar-refractivity contribution in [3.05, 3.63) is 39.8 Å². The van der Waals surface area contributed by atoms with Gasteiger partial charge in [0.1, 0.15) is 5.00 Å². The van der Waals surface area contributed by atoms with Crippen LogP contribution in [0.25, 0.3) is 0 Å². The van der Waals surface area contributed by atoms with E-state index in [1.54, 1.807) is 18.2 Å². The SMILES string of the molecule is COC(=O)c1c(NC(=O)C(=O)N/N=C/c2cccc(OC)c2OC)sc2c1CCC2. The zero-order valence-electron chi connectivity index (χ0n) is 16.7. The number of fused-ring (bicyclic) bond motifs is 1. The zero-order chi connectivity index (χ0) is 21.7. The fourth-order valence-corrected chi connectivity index (χ4v) is 4.47. The normalized spacial score (nSPS) is 12.4. The molecule has 30 heavy (non-hydrogen) atoms. The average molecular weight is 431 g/mol. The second-order valence-electron chi connectivity index (χ2n) is 6.29. The molecule has 2 amide bonds. The van der Waals surface area contributed by atoms with Crippen molar-refractivity contribution in [2.75, 3.05) is 26.6 Å². The Labute approximate surface area is 177 Å². The highest BCUT2D eigenvalue weighted by Crippen LogP contribution is 2.39. The van der Waals surface area contributed by atoms with Crippen LogP contribution in [0, 0.1) is 0 Å². The molecule has 1 aliphatic carbocycles. The van der Waals surface area contributed by atoms with Crippen molar-refractivity contribution in [1.82, 2.24) is 5.43 Å². The highest BCUT2D eigenvalue weighted by Gasteiger charge is 2.29. The number of carbonyl (C=O) groups is 3. The van der Waals surface area contributed by atoms with Crippen LogP contribution in [0.1, 0.15) is 32.8 Å². The minimum absolute atomic E-state index is 0.310. The van der Waals surface area contributed by atoms with Crippen molar-refractivity contribution in [1.29, 1.82) is 0 Å².